The standard InChI is InChI=1S/C19H25N3O5S2/c1-4-22(29(26,27)17-8-6-5-7-9-17)15-19(23)20-14-16-10-12-18(13-11-16)28(24,25)21(2)3/h5-13H,4,14-15H2,1-3H3,(H,20,23). The lowest BCUT2D eigenvalue weighted by Crippen LogP contribution is -2.40. The van der Waals surface area contributed by atoms with Crippen LogP contribution in [0.3, 0.4) is 0 Å². The monoisotopic (exact) mass is 439 g/mol. The van der Waals surface area contributed by atoms with Crippen molar-refractivity contribution in [1.29, 1.82) is 0 Å². The van der Waals surface area contributed by atoms with Gasteiger partial charge in [0, 0.05) is 27.2 Å². The Bertz CT molecular complexity index is 1040. The molecule has 0 heterocycles. The number of carbonyl (C=O) groups excluding carboxylic acids is 1. The van der Waals surface area contributed by atoms with E-state index in [0.29, 0.717) is 5.56 Å². The highest BCUT2D eigenvalue weighted by Crippen LogP contribution is 2.15. The fourth-order valence-electron chi connectivity index (χ4n) is 2.52. The van der Waals surface area contributed by atoms with Crippen molar-refractivity contribution in [3.63, 3.8) is 0 Å². The molecule has 8 nitrogen and oxygen atoms in total. The summed E-state index contributed by atoms with van der Waals surface area (Å²) in [6.45, 7) is 1.67. The molecule has 0 radical (unpaired) electrons. The van der Waals surface area contributed by atoms with Crippen molar-refractivity contribution in [2.75, 3.05) is 27.2 Å². The van der Waals surface area contributed by atoms with Gasteiger partial charge < -0.3 is 5.32 Å². The summed E-state index contributed by atoms with van der Waals surface area (Å²) >= 11 is 0. The molecule has 2 aromatic carbocycles. The first-order chi connectivity index (χ1) is 13.6. The molecule has 0 bridgehead atoms. The third-order valence-electron chi connectivity index (χ3n) is 4.25. The lowest BCUT2D eigenvalue weighted by molar-refractivity contribution is -0.121. The van der Waals surface area contributed by atoms with Gasteiger partial charge in [-0.25, -0.2) is 21.1 Å². The molecular weight excluding hydrogens is 414 g/mol. The number of nitrogens with one attached hydrogen (secondary N) is 1. The number of amides is 1. The predicted molar refractivity (Wildman–Crippen MR) is 110 cm³/mol. The van der Waals surface area contributed by atoms with Crippen molar-refractivity contribution in [3.8, 4) is 0 Å². The Balaban J connectivity index is 2.00. The molecule has 29 heavy (non-hydrogen) atoms. The Labute approximate surface area is 172 Å². The van der Waals surface area contributed by atoms with E-state index in [-0.39, 0.29) is 29.4 Å². The molecule has 0 unspecified atom stereocenters. The number of benzene rings is 2. The maximum atomic E-state index is 12.6. The highest BCUT2D eigenvalue weighted by atomic mass is 32.2. The molecule has 0 spiro atoms. The highest BCUT2D eigenvalue weighted by Gasteiger charge is 2.25. The van der Waals surface area contributed by atoms with E-state index >= 15 is 0 Å². The van der Waals surface area contributed by atoms with Crippen LogP contribution in [0.5, 0.6) is 0 Å². The van der Waals surface area contributed by atoms with Gasteiger partial charge in [-0.1, -0.05) is 37.3 Å². The molecule has 158 valence electrons. The van der Waals surface area contributed by atoms with Crippen LogP contribution in [0.1, 0.15) is 12.5 Å². The van der Waals surface area contributed by atoms with Crippen LogP contribution >= 0.6 is 0 Å². The minimum absolute atomic E-state index is 0.132. The van der Waals surface area contributed by atoms with Crippen molar-refractivity contribution in [3.05, 3.63) is 60.2 Å². The van der Waals surface area contributed by atoms with Gasteiger partial charge in [-0.3, -0.25) is 4.79 Å². The second-order valence-electron chi connectivity index (χ2n) is 6.45. The first-order valence-corrected chi connectivity index (χ1v) is 11.8. The van der Waals surface area contributed by atoms with E-state index in [1.807, 2.05) is 0 Å². The van der Waals surface area contributed by atoms with E-state index in [1.165, 1.54) is 38.4 Å². The zero-order valence-electron chi connectivity index (χ0n) is 16.6. The molecule has 1 amide bonds. The fourth-order valence-corrected chi connectivity index (χ4v) is 4.84. The first-order valence-electron chi connectivity index (χ1n) is 8.92. The van der Waals surface area contributed by atoms with E-state index in [9.17, 15) is 21.6 Å². The predicted octanol–water partition coefficient (Wildman–Crippen LogP) is 1.26. The molecule has 0 saturated carbocycles. The first kappa shape index (κ1) is 23.0. The third kappa shape index (κ3) is 5.63. The average Bonchev–Trinajstić information content (AvgIpc) is 2.71. The minimum atomic E-state index is -3.76. The van der Waals surface area contributed by atoms with E-state index < -0.39 is 26.0 Å². The molecule has 2 aromatic rings. The topological polar surface area (TPSA) is 104 Å². The number of carbonyl (C=O) groups is 1. The molecule has 0 saturated heterocycles. The molecule has 0 fully saturated rings. The van der Waals surface area contributed by atoms with E-state index in [1.54, 1.807) is 37.3 Å². The smallest absolute Gasteiger partial charge is 0.243 e. The van der Waals surface area contributed by atoms with Gasteiger partial charge in [-0.05, 0) is 29.8 Å². The van der Waals surface area contributed by atoms with Crippen molar-refractivity contribution >= 4 is 26.0 Å². The van der Waals surface area contributed by atoms with Crippen molar-refractivity contribution in [2.45, 2.75) is 23.3 Å². The van der Waals surface area contributed by atoms with E-state index in [4.69, 9.17) is 0 Å². The Morgan fingerprint density at radius 1 is 0.862 bits per heavy atom. The fraction of sp³-hybridized carbons (Fsp3) is 0.316. The lowest BCUT2D eigenvalue weighted by Gasteiger charge is -2.20. The second kappa shape index (κ2) is 9.49. The molecule has 0 aromatic heterocycles. The Morgan fingerprint density at radius 3 is 1.93 bits per heavy atom. The number of likely N-dealkylation sites (N-methyl/N-ethyl adjacent to an activating group) is 1. The Morgan fingerprint density at radius 2 is 1.41 bits per heavy atom. The summed E-state index contributed by atoms with van der Waals surface area (Å²) in [5.74, 6) is -0.448. The highest BCUT2D eigenvalue weighted by molar-refractivity contribution is 7.89. The van der Waals surface area contributed by atoms with Crippen LogP contribution < -0.4 is 5.32 Å². The van der Waals surface area contributed by atoms with Gasteiger partial charge >= 0.3 is 0 Å². The van der Waals surface area contributed by atoms with Gasteiger partial charge in [0.15, 0.2) is 0 Å². The molecule has 0 atom stereocenters. The van der Waals surface area contributed by atoms with Crippen LogP contribution in [0.4, 0.5) is 0 Å². The van der Waals surface area contributed by atoms with Gasteiger partial charge in [-0.2, -0.15) is 4.31 Å². The zero-order valence-corrected chi connectivity index (χ0v) is 18.2. The maximum absolute atomic E-state index is 12.6. The summed E-state index contributed by atoms with van der Waals surface area (Å²) in [6, 6.07) is 14.1. The Kier molecular flexibility index (Phi) is 7.53. The molecule has 0 aliphatic rings. The quantitative estimate of drug-likeness (QED) is 0.634. The minimum Gasteiger partial charge on any atom is -0.351 e. The summed E-state index contributed by atoms with van der Waals surface area (Å²) < 4.78 is 51.6. The molecular formula is C19H25N3O5S2. The van der Waals surface area contributed by atoms with Crippen molar-refractivity contribution in [2.24, 2.45) is 0 Å². The summed E-state index contributed by atoms with van der Waals surface area (Å²) in [5.41, 5.74) is 0.699. The number of hydrogen-bond acceptors (Lipinski definition) is 5. The van der Waals surface area contributed by atoms with Gasteiger partial charge in [0.25, 0.3) is 0 Å². The van der Waals surface area contributed by atoms with Crippen LogP contribution in [0.15, 0.2) is 64.4 Å². The van der Waals surface area contributed by atoms with Crippen LogP contribution in [-0.4, -0.2) is 58.5 Å². The van der Waals surface area contributed by atoms with Gasteiger partial charge in [0.1, 0.15) is 0 Å². The van der Waals surface area contributed by atoms with Crippen LogP contribution in [0, 0.1) is 0 Å². The zero-order chi connectivity index (χ0) is 21.7. The number of sulfonamides is 2. The Hall–Kier alpha value is -2.27. The number of rotatable bonds is 9. The lowest BCUT2D eigenvalue weighted by atomic mass is 10.2. The third-order valence-corrected chi connectivity index (χ3v) is 8.01. The normalized spacial score (nSPS) is 12.3. The van der Waals surface area contributed by atoms with Crippen molar-refractivity contribution < 1.29 is 21.6 Å². The van der Waals surface area contributed by atoms with Crippen LogP contribution in [0.25, 0.3) is 0 Å². The molecule has 0 aliphatic heterocycles. The second-order valence-corrected chi connectivity index (χ2v) is 10.5. The number of hydrogen-bond donors (Lipinski definition) is 1. The SMILES string of the molecule is CCN(CC(=O)NCc1ccc(S(=O)(=O)N(C)C)cc1)S(=O)(=O)c1ccccc1. The summed E-state index contributed by atoms with van der Waals surface area (Å²) in [5, 5.41) is 2.66. The van der Waals surface area contributed by atoms with Gasteiger partial charge in [0.05, 0.1) is 16.3 Å². The molecule has 2 rings (SSSR count). The van der Waals surface area contributed by atoms with Gasteiger partial charge in [-0.15, -0.1) is 0 Å². The maximum Gasteiger partial charge on any atom is 0.243 e. The summed E-state index contributed by atoms with van der Waals surface area (Å²) in [6.07, 6.45) is 0. The molecule has 10 heteroatoms. The van der Waals surface area contributed by atoms with Crippen LogP contribution in [-0.2, 0) is 31.4 Å². The molecule has 1 N–H and O–H groups in total. The largest absolute Gasteiger partial charge is 0.351 e. The average molecular weight is 440 g/mol. The van der Waals surface area contributed by atoms with E-state index in [2.05, 4.69) is 5.32 Å². The summed E-state index contributed by atoms with van der Waals surface area (Å²) in [7, 11) is -4.37. The summed E-state index contributed by atoms with van der Waals surface area (Å²) in [4.78, 5) is 12.5. The number of nitrogens with zero attached hydrogens (tertiary/aromatic N) is 2. The van der Waals surface area contributed by atoms with Crippen LogP contribution in [0.2, 0.25) is 0 Å². The molecule has 0 aliphatic carbocycles. The van der Waals surface area contributed by atoms with E-state index in [0.717, 1.165) is 8.61 Å². The van der Waals surface area contributed by atoms with Crippen molar-refractivity contribution in [1.82, 2.24) is 13.9 Å². The van der Waals surface area contributed by atoms with Gasteiger partial charge in [0.2, 0.25) is 26.0 Å².